The van der Waals surface area contributed by atoms with Gasteiger partial charge in [-0.3, -0.25) is 29.4 Å². The van der Waals surface area contributed by atoms with Crippen LogP contribution in [0.5, 0.6) is 0 Å². The number of Topliss-reactive ketones (excluding diaryl/α,β-unsaturated/α-hetero) is 1. The number of non-ortho nitro benzene ring substituents is 1. The SMILES string of the molecule is CC(=O)c1ccc(N2C(=O)c3oc4ccc(Br)cc4c(=O)c3C2c2cccc([N+](=O)[O-])c2)cc1. The van der Waals surface area contributed by atoms with Gasteiger partial charge in [0.05, 0.1) is 21.9 Å². The second-order valence-electron chi connectivity index (χ2n) is 7.85. The molecule has 4 aromatic rings. The molecule has 168 valence electrons. The lowest BCUT2D eigenvalue weighted by atomic mass is 9.97. The summed E-state index contributed by atoms with van der Waals surface area (Å²) in [5, 5.41) is 11.7. The Labute approximate surface area is 200 Å². The molecule has 0 fully saturated rings. The molecule has 1 amide bonds. The summed E-state index contributed by atoms with van der Waals surface area (Å²) < 4.78 is 6.56. The number of rotatable bonds is 4. The highest BCUT2D eigenvalue weighted by Gasteiger charge is 2.44. The Bertz CT molecular complexity index is 1580. The number of amides is 1. The first kappa shape index (κ1) is 21.7. The molecule has 34 heavy (non-hydrogen) atoms. The van der Waals surface area contributed by atoms with E-state index in [-0.39, 0.29) is 33.8 Å². The van der Waals surface area contributed by atoms with Crippen LogP contribution in [0.3, 0.4) is 0 Å². The second kappa shape index (κ2) is 8.03. The third kappa shape index (κ3) is 3.41. The molecule has 0 radical (unpaired) electrons. The van der Waals surface area contributed by atoms with Gasteiger partial charge in [-0.2, -0.15) is 0 Å². The van der Waals surface area contributed by atoms with Crippen molar-refractivity contribution in [3.05, 3.63) is 114 Å². The molecule has 0 N–H and O–H groups in total. The molecule has 1 atom stereocenters. The van der Waals surface area contributed by atoms with E-state index in [9.17, 15) is 24.5 Å². The maximum atomic E-state index is 13.6. The number of benzene rings is 3. The largest absolute Gasteiger partial charge is 0.450 e. The fourth-order valence-corrected chi connectivity index (χ4v) is 4.55. The number of hydrogen-bond acceptors (Lipinski definition) is 6. The van der Waals surface area contributed by atoms with Crippen LogP contribution in [0.25, 0.3) is 11.0 Å². The number of carbonyl (C=O) groups is 2. The van der Waals surface area contributed by atoms with Gasteiger partial charge in [-0.15, -0.1) is 0 Å². The Kier molecular flexibility index (Phi) is 5.13. The monoisotopic (exact) mass is 518 g/mol. The zero-order valence-corrected chi connectivity index (χ0v) is 19.2. The van der Waals surface area contributed by atoms with Crippen molar-refractivity contribution in [2.45, 2.75) is 13.0 Å². The first-order valence-corrected chi connectivity index (χ1v) is 11.0. The summed E-state index contributed by atoms with van der Waals surface area (Å²) in [5.41, 5.74) is 1.06. The number of carbonyl (C=O) groups excluding carboxylic acids is 2. The van der Waals surface area contributed by atoms with Gasteiger partial charge in [-0.25, -0.2) is 0 Å². The maximum absolute atomic E-state index is 13.6. The molecule has 1 unspecified atom stereocenters. The highest BCUT2D eigenvalue weighted by Crippen LogP contribution is 2.42. The maximum Gasteiger partial charge on any atom is 0.295 e. The summed E-state index contributed by atoms with van der Waals surface area (Å²) in [6, 6.07) is 16.1. The molecule has 2 heterocycles. The summed E-state index contributed by atoms with van der Waals surface area (Å²) in [6.07, 6.45) is 0. The predicted molar refractivity (Wildman–Crippen MR) is 128 cm³/mol. The molecule has 1 aliphatic rings. The molecule has 0 bridgehead atoms. The lowest BCUT2D eigenvalue weighted by Gasteiger charge is -2.25. The average Bonchev–Trinajstić information content (AvgIpc) is 3.12. The van der Waals surface area contributed by atoms with Gasteiger partial charge in [-0.05, 0) is 55.0 Å². The topological polar surface area (TPSA) is 111 Å². The molecule has 5 rings (SSSR count). The van der Waals surface area contributed by atoms with Crippen molar-refractivity contribution in [2.24, 2.45) is 0 Å². The van der Waals surface area contributed by atoms with Crippen molar-refractivity contribution in [2.75, 3.05) is 4.90 Å². The summed E-state index contributed by atoms with van der Waals surface area (Å²) >= 11 is 3.35. The molecule has 9 heteroatoms. The van der Waals surface area contributed by atoms with Crippen LogP contribution in [0.2, 0.25) is 0 Å². The Balaban J connectivity index is 1.79. The van der Waals surface area contributed by atoms with Crippen LogP contribution >= 0.6 is 15.9 Å². The van der Waals surface area contributed by atoms with Crippen LogP contribution in [0.4, 0.5) is 11.4 Å². The number of fused-ring (bicyclic) bond motifs is 2. The van der Waals surface area contributed by atoms with Gasteiger partial charge in [-0.1, -0.05) is 28.1 Å². The number of nitro groups is 1. The minimum absolute atomic E-state index is 0.103. The standard InChI is InChI=1S/C25H15BrN2O6/c1-13(29)14-5-8-17(9-6-14)27-22(15-3-2-4-18(11-15)28(32)33)21-23(30)19-12-16(26)7-10-20(19)34-24(21)25(27)31/h2-12,22H,1H3. The molecule has 0 saturated carbocycles. The number of hydrogen-bond donors (Lipinski definition) is 0. The van der Waals surface area contributed by atoms with Crippen molar-refractivity contribution in [3.8, 4) is 0 Å². The smallest absolute Gasteiger partial charge is 0.295 e. The first-order valence-electron chi connectivity index (χ1n) is 10.2. The molecule has 0 aliphatic carbocycles. The molecule has 1 aliphatic heterocycles. The first-order chi connectivity index (χ1) is 16.3. The second-order valence-corrected chi connectivity index (χ2v) is 8.76. The molecular weight excluding hydrogens is 504 g/mol. The van der Waals surface area contributed by atoms with Gasteiger partial charge in [0.15, 0.2) is 11.2 Å². The molecule has 8 nitrogen and oxygen atoms in total. The average molecular weight is 519 g/mol. The van der Waals surface area contributed by atoms with E-state index in [1.165, 1.54) is 30.0 Å². The van der Waals surface area contributed by atoms with E-state index in [2.05, 4.69) is 15.9 Å². The van der Waals surface area contributed by atoms with E-state index in [0.717, 1.165) is 0 Å². The number of halogens is 1. The van der Waals surface area contributed by atoms with Crippen LogP contribution in [-0.2, 0) is 0 Å². The predicted octanol–water partition coefficient (Wildman–Crippen LogP) is 5.42. The Morgan fingerprint density at radius 2 is 1.79 bits per heavy atom. The Morgan fingerprint density at radius 3 is 2.47 bits per heavy atom. The van der Waals surface area contributed by atoms with E-state index >= 15 is 0 Å². The minimum Gasteiger partial charge on any atom is -0.450 e. The van der Waals surface area contributed by atoms with Crippen molar-refractivity contribution in [3.63, 3.8) is 0 Å². The number of nitro benzene ring substituents is 1. The summed E-state index contributed by atoms with van der Waals surface area (Å²) in [5.74, 6) is -0.803. The lowest BCUT2D eigenvalue weighted by Crippen LogP contribution is -2.29. The van der Waals surface area contributed by atoms with Gasteiger partial charge in [0, 0.05) is 27.9 Å². The molecule has 0 spiro atoms. The highest BCUT2D eigenvalue weighted by atomic mass is 79.9. The third-order valence-electron chi connectivity index (χ3n) is 5.78. The van der Waals surface area contributed by atoms with Crippen molar-refractivity contribution >= 4 is 50.0 Å². The van der Waals surface area contributed by atoms with E-state index in [0.29, 0.717) is 21.3 Å². The van der Waals surface area contributed by atoms with Crippen LogP contribution in [0, 0.1) is 10.1 Å². The number of anilines is 1. The van der Waals surface area contributed by atoms with E-state index in [1.807, 2.05) is 0 Å². The van der Waals surface area contributed by atoms with Gasteiger partial charge in [0.2, 0.25) is 5.76 Å². The molecule has 0 saturated heterocycles. The fraction of sp³-hybridized carbons (Fsp3) is 0.0800. The summed E-state index contributed by atoms with van der Waals surface area (Å²) in [4.78, 5) is 51.1. The van der Waals surface area contributed by atoms with Gasteiger partial charge in [0.1, 0.15) is 5.58 Å². The number of nitrogens with zero attached hydrogens (tertiary/aromatic N) is 2. The van der Waals surface area contributed by atoms with Gasteiger partial charge in [0.25, 0.3) is 11.6 Å². The zero-order chi connectivity index (χ0) is 24.1. The van der Waals surface area contributed by atoms with E-state index in [1.54, 1.807) is 48.5 Å². The van der Waals surface area contributed by atoms with Gasteiger partial charge < -0.3 is 4.42 Å². The Morgan fingerprint density at radius 1 is 1.06 bits per heavy atom. The van der Waals surface area contributed by atoms with Crippen LogP contribution in [0.1, 0.15) is 45.0 Å². The van der Waals surface area contributed by atoms with Crippen molar-refractivity contribution in [1.29, 1.82) is 0 Å². The molecule has 3 aromatic carbocycles. The third-order valence-corrected chi connectivity index (χ3v) is 6.27. The molecule has 1 aromatic heterocycles. The van der Waals surface area contributed by atoms with Crippen molar-refractivity contribution in [1.82, 2.24) is 0 Å². The van der Waals surface area contributed by atoms with Crippen molar-refractivity contribution < 1.29 is 18.9 Å². The summed E-state index contributed by atoms with van der Waals surface area (Å²) in [7, 11) is 0. The zero-order valence-electron chi connectivity index (χ0n) is 17.7. The Hall–Kier alpha value is -4.11. The van der Waals surface area contributed by atoms with Crippen LogP contribution in [-0.4, -0.2) is 16.6 Å². The van der Waals surface area contributed by atoms with Gasteiger partial charge >= 0.3 is 0 Å². The fourth-order valence-electron chi connectivity index (χ4n) is 4.19. The number of ketones is 1. The van der Waals surface area contributed by atoms with Crippen LogP contribution < -0.4 is 10.3 Å². The quantitative estimate of drug-likeness (QED) is 0.202. The van der Waals surface area contributed by atoms with E-state index in [4.69, 9.17) is 4.42 Å². The molecular formula is C25H15BrN2O6. The summed E-state index contributed by atoms with van der Waals surface area (Å²) in [6.45, 7) is 1.43. The lowest BCUT2D eigenvalue weighted by molar-refractivity contribution is -0.384. The minimum atomic E-state index is -0.954. The highest BCUT2D eigenvalue weighted by molar-refractivity contribution is 9.10. The normalized spacial score (nSPS) is 14.9. The van der Waals surface area contributed by atoms with E-state index < -0.39 is 22.3 Å². The van der Waals surface area contributed by atoms with Crippen LogP contribution in [0.15, 0.2) is 80.4 Å².